The van der Waals surface area contributed by atoms with Crippen LogP contribution in [0.1, 0.15) is 16.7 Å². The van der Waals surface area contributed by atoms with Gasteiger partial charge in [-0.25, -0.2) is 9.98 Å². The van der Waals surface area contributed by atoms with Gasteiger partial charge in [-0.2, -0.15) is 0 Å². The second-order valence-electron chi connectivity index (χ2n) is 15.8. The summed E-state index contributed by atoms with van der Waals surface area (Å²) < 4.78 is 15.5. The van der Waals surface area contributed by atoms with Gasteiger partial charge in [-0.1, -0.05) is 139 Å². The first kappa shape index (κ1) is 34.4. The molecule has 0 fully saturated rings. The third-order valence-corrected chi connectivity index (χ3v) is 12.3. The summed E-state index contributed by atoms with van der Waals surface area (Å²) in [4.78, 5) is 10.9. The third kappa shape index (κ3) is 5.36. The molecule has 0 aliphatic carbocycles. The Morgan fingerprint density at radius 2 is 1.03 bits per heavy atom. The number of allylic oxidation sites excluding steroid dienone is 1. The number of hydrogen-bond donors (Lipinski definition) is 0. The van der Waals surface area contributed by atoms with Gasteiger partial charge in [0.15, 0.2) is 5.84 Å². The number of benzene rings is 9. The number of rotatable bonds is 5. The molecule has 1 aliphatic heterocycles. The van der Waals surface area contributed by atoms with Crippen molar-refractivity contribution >= 4 is 93.7 Å². The number of amidine groups is 1. The number of aliphatic imine (C=N–C) groups is 2. The minimum absolute atomic E-state index is 0.570. The molecule has 62 heavy (non-hydrogen) atoms. The summed E-state index contributed by atoms with van der Waals surface area (Å²) in [5, 5.41) is 8.85. The maximum absolute atomic E-state index is 6.90. The van der Waals surface area contributed by atoms with Crippen LogP contribution >= 0.6 is 0 Å². The predicted octanol–water partition coefficient (Wildman–Crippen LogP) is 14.8. The van der Waals surface area contributed by atoms with Gasteiger partial charge in [0.25, 0.3) is 0 Å². The summed E-state index contributed by atoms with van der Waals surface area (Å²) in [5.74, 6) is 0.570. The monoisotopic (exact) mass is 791 g/mol. The molecule has 0 saturated heterocycles. The largest absolute Gasteiger partial charge is 0.456 e. The maximum atomic E-state index is 6.90. The van der Waals surface area contributed by atoms with Gasteiger partial charge < -0.3 is 13.4 Å². The van der Waals surface area contributed by atoms with Crippen LogP contribution in [0.15, 0.2) is 225 Å². The summed E-state index contributed by atoms with van der Waals surface area (Å²) in [6.45, 7) is 0. The number of para-hydroxylation sites is 3. The van der Waals surface area contributed by atoms with Crippen molar-refractivity contribution in [1.29, 1.82) is 0 Å². The Morgan fingerprint density at radius 1 is 0.403 bits per heavy atom. The predicted molar refractivity (Wildman–Crippen MR) is 256 cm³/mol. The van der Waals surface area contributed by atoms with E-state index in [1.165, 1.54) is 21.5 Å². The van der Waals surface area contributed by atoms with Crippen molar-refractivity contribution in [3.63, 3.8) is 0 Å². The minimum Gasteiger partial charge on any atom is -0.456 e. The zero-order chi connectivity index (χ0) is 40.7. The van der Waals surface area contributed by atoms with Crippen LogP contribution in [0.3, 0.4) is 0 Å². The third-order valence-electron chi connectivity index (χ3n) is 12.3. The molecule has 4 heterocycles. The van der Waals surface area contributed by atoms with Crippen LogP contribution in [-0.4, -0.2) is 16.1 Å². The van der Waals surface area contributed by atoms with E-state index >= 15 is 0 Å². The Morgan fingerprint density at radius 3 is 1.85 bits per heavy atom. The van der Waals surface area contributed by atoms with Crippen LogP contribution in [0.4, 0.5) is 0 Å². The molecule has 0 radical (unpaired) electrons. The van der Waals surface area contributed by atoms with Gasteiger partial charge in [0.2, 0.25) is 0 Å². The van der Waals surface area contributed by atoms with Crippen LogP contribution in [-0.2, 0) is 0 Å². The summed E-state index contributed by atoms with van der Waals surface area (Å²) in [5.41, 5.74) is 16.3. The van der Waals surface area contributed by atoms with E-state index < -0.39 is 0 Å². The molecule has 288 valence electrons. The Bertz CT molecular complexity index is 3950. The van der Waals surface area contributed by atoms with Crippen LogP contribution in [0.2, 0.25) is 0 Å². The van der Waals surface area contributed by atoms with Gasteiger partial charge in [0.05, 0.1) is 28.0 Å². The van der Waals surface area contributed by atoms with E-state index in [2.05, 4.69) is 162 Å². The average Bonchev–Trinajstić information content (AvgIpc) is 3.94. The zero-order valence-corrected chi connectivity index (χ0v) is 33.2. The van der Waals surface area contributed by atoms with E-state index in [1.807, 2.05) is 48.5 Å². The van der Waals surface area contributed by atoms with Gasteiger partial charge in [-0.3, -0.25) is 0 Å². The molecule has 5 heteroatoms. The molecular weight excluding hydrogens is 759 g/mol. The van der Waals surface area contributed by atoms with E-state index in [1.54, 1.807) is 0 Å². The molecule has 0 bridgehead atoms. The maximum Gasteiger partial charge on any atom is 0.161 e. The van der Waals surface area contributed by atoms with Gasteiger partial charge in [-0.15, -0.1) is 0 Å². The fourth-order valence-electron chi connectivity index (χ4n) is 9.29. The van der Waals surface area contributed by atoms with Crippen molar-refractivity contribution in [2.24, 2.45) is 9.98 Å². The number of aromatic nitrogens is 1. The highest BCUT2D eigenvalue weighted by Crippen LogP contribution is 2.42. The molecule has 5 nitrogen and oxygen atoms in total. The molecular formula is C57H33N3O2. The lowest BCUT2D eigenvalue weighted by Crippen LogP contribution is -2.04. The molecule has 0 N–H and O–H groups in total. The Balaban J connectivity index is 1.10. The number of nitrogens with zero attached hydrogens (tertiary/aromatic N) is 3. The first-order valence-electron chi connectivity index (χ1n) is 20.8. The summed E-state index contributed by atoms with van der Waals surface area (Å²) in [6, 6.07) is 67.7. The lowest BCUT2D eigenvalue weighted by atomic mass is 10.0. The van der Waals surface area contributed by atoms with Crippen molar-refractivity contribution < 1.29 is 8.83 Å². The van der Waals surface area contributed by atoms with E-state index in [-0.39, 0.29) is 0 Å². The molecule has 0 spiro atoms. The number of fused-ring (bicyclic) bond motifs is 10. The first-order valence-corrected chi connectivity index (χ1v) is 20.8. The lowest BCUT2D eigenvalue weighted by molar-refractivity contribution is 0.667. The lowest BCUT2D eigenvalue weighted by Gasteiger charge is -2.15. The summed E-state index contributed by atoms with van der Waals surface area (Å²) in [7, 11) is 0. The van der Waals surface area contributed by atoms with Crippen LogP contribution < -0.4 is 0 Å². The van der Waals surface area contributed by atoms with Crippen LogP contribution in [0.5, 0.6) is 0 Å². The quantitative estimate of drug-likeness (QED) is 0.163. The molecule has 3 aromatic heterocycles. The summed E-state index contributed by atoms with van der Waals surface area (Å²) >= 11 is 0. The highest BCUT2D eigenvalue weighted by atomic mass is 16.3. The van der Waals surface area contributed by atoms with E-state index in [0.717, 1.165) is 94.1 Å². The topological polar surface area (TPSA) is 55.9 Å². The first-order chi connectivity index (χ1) is 30.7. The highest BCUT2D eigenvalue weighted by Gasteiger charge is 2.24. The highest BCUT2D eigenvalue weighted by molar-refractivity contribution is 6.22. The minimum atomic E-state index is 0.570. The molecule has 0 atom stereocenters. The zero-order valence-electron chi connectivity index (χ0n) is 33.2. The van der Waals surface area contributed by atoms with Crippen LogP contribution in [0, 0.1) is 0 Å². The van der Waals surface area contributed by atoms with Crippen LogP contribution in [0.25, 0.3) is 99.0 Å². The van der Waals surface area contributed by atoms with E-state index in [4.69, 9.17) is 18.8 Å². The smallest absolute Gasteiger partial charge is 0.161 e. The SMILES string of the molecule is C1=CC(c2ccc3oc4ccccc4c3c2)=NC(c2ccc(-c3ccccc3)cc2)=NC=1c1c(-n2c3ccccc3c3cc4ccccc4cc32)ccc2c1oc1ccccc12. The van der Waals surface area contributed by atoms with Crippen molar-refractivity contribution in [2.45, 2.75) is 0 Å². The second kappa shape index (κ2) is 13.5. The van der Waals surface area contributed by atoms with Crippen molar-refractivity contribution in [2.75, 3.05) is 0 Å². The fourth-order valence-corrected chi connectivity index (χ4v) is 9.29. The Hall–Kier alpha value is -8.50. The van der Waals surface area contributed by atoms with E-state index in [9.17, 15) is 0 Å². The summed E-state index contributed by atoms with van der Waals surface area (Å²) in [6.07, 6.45) is 1.97. The Labute approximate surface area is 355 Å². The molecule has 9 aromatic carbocycles. The fraction of sp³-hybridized carbons (Fsp3) is 0. The number of furan rings is 2. The molecule has 12 aromatic rings. The molecule has 13 rings (SSSR count). The normalized spacial score (nSPS) is 13.1. The van der Waals surface area contributed by atoms with Gasteiger partial charge >= 0.3 is 0 Å². The van der Waals surface area contributed by atoms with E-state index in [0.29, 0.717) is 11.5 Å². The standard InChI is InChI=1S/C57H33N3O2/c1-2-12-35(13-3-1)36-22-24-37(25-23-36)57-58-47(40-26-31-54-46(33-40)43-18-8-10-20-52(43)61-54)28-29-48(59-57)55-50(30-27-44-42-17-7-11-21-53(42)62-56(44)55)60-49-19-9-6-16-41(49)45-32-38-14-4-5-15-39(38)34-51(45)60/h1-28,30-34H. The van der Waals surface area contributed by atoms with Gasteiger partial charge in [0.1, 0.15) is 28.0 Å². The van der Waals surface area contributed by atoms with Gasteiger partial charge in [0, 0.05) is 49.5 Å². The average molecular weight is 792 g/mol. The molecule has 1 aliphatic rings. The van der Waals surface area contributed by atoms with Crippen molar-refractivity contribution in [3.05, 3.63) is 223 Å². The second-order valence-corrected chi connectivity index (χ2v) is 15.8. The molecule has 0 amide bonds. The Kier molecular flexibility index (Phi) is 7.49. The molecule has 0 unspecified atom stereocenters. The van der Waals surface area contributed by atoms with Gasteiger partial charge in [-0.05, 0) is 82.6 Å². The van der Waals surface area contributed by atoms with Crippen molar-refractivity contribution in [3.8, 4) is 16.8 Å². The molecule has 0 saturated carbocycles. The number of hydrogen-bond acceptors (Lipinski definition) is 4. The van der Waals surface area contributed by atoms with Crippen molar-refractivity contribution in [1.82, 2.24) is 4.57 Å².